The summed E-state index contributed by atoms with van der Waals surface area (Å²) in [5.74, 6) is 1.25. The van der Waals surface area contributed by atoms with Crippen LogP contribution in [0.3, 0.4) is 0 Å². The molecule has 1 aliphatic rings. The molecule has 0 radical (unpaired) electrons. The van der Waals surface area contributed by atoms with Crippen LogP contribution in [0.25, 0.3) is 0 Å². The molecule has 1 amide bonds. The molecule has 0 spiro atoms. The fourth-order valence-electron chi connectivity index (χ4n) is 2.76. The van der Waals surface area contributed by atoms with Crippen molar-refractivity contribution in [2.75, 3.05) is 11.4 Å². The Kier molecular flexibility index (Phi) is 3.55. The van der Waals surface area contributed by atoms with Crippen LogP contribution in [0, 0.1) is 6.92 Å². The first-order valence-corrected chi connectivity index (χ1v) is 7.03. The monoisotopic (exact) mass is 286 g/mol. The van der Waals surface area contributed by atoms with Crippen LogP contribution >= 0.6 is 0 Å². The number of aryl methyl sites for hydroxylation is 1. The number of hydrogen-bond acceptors (Lipinski definition) is 5. The van der Waals surface area contributed by atoms with E-state index in [9.17, 15) is 4.79 Å². The number of nitrogens with zero attached hydrogens (tertiary/aromatic N) is 5. The maximum atomic E-state index is 11.0. The van der Waals surface area contributed by atoms with Gasteiger partial charge in [0.15, 0.2) is 11.5 Å². The first kappa shape index (κ1) is 13.5. The highest BCUT2D eigenvalue weighted by molar-refractivity contribution is 5.90. The second-order valence-electron chi connectivity index (χ2n) is 5.26. The topological polar surface area (TPSA) is 89.9 Å². The molecule has 21 heavy (non-hydrogen) atoms. The second-order valence-corrected chi connectivity index (χ2v) is 5.26. The van der Waals surface area contributed by atoms with Gasteiger partial charge in [0.2, 0.25) is 0 Å². The smallest absolute Gasteiger partial charge is 0.269 e. The summed E-state index contributed by atoms with van der Waals surface area (Å²) >= 11 is 0. The Balaban J connectivity index is 1.77. The fraction of sp³-hybridized carbons (Fsp3) is 0.429. The molecule has 0 aliphatic carbocycles. The van der Waals surface area contributed by atoms with Crippen LogP contribution in [0.1, 0.15) is 29.2 Å². The van der Waals surface area contributed by atoms with Crippen molar-refractivity contribution < 1.29 is 4.79 Å². The summed E-state index contributed by atoms with van der Waals surface area (Å²) in [5.41, 5.74) is 5.38. The summed E-state index contributed by atoms with van der Waals surface area (Å²) in [5, 5.41) is 8.02. The standard InChI is InChI=1S/C14H18N6O/c1-10-16-6-8-19(10)9-11-3-2-7-20(11)13-5-4-12(14(15)21)17-18-13/h4-6,8,11H,2-3,7,9H2,1H3,(H2,15,21)/t11-/m1/s1. The van der Waals surface area contributed by atoms with E-state index in [1.165, 1.54) is 0 Å². The summed E-state index contributed by atoms with van der Waals surface area (Å²) in [6, 6.07) is 3.81. The van der Waals surface area contributed by atoms with Gasteiger partial charge >= 0.3 is 0 Å². The van der Waals surface area contributed by atoms with Crippen molar-refractivity contribution in [3.05, 3.63) is 36.0 Å². The number of aromatic nitrogens is 4. The summed E-state index contributed by atoms with van der Waals surface area (Å²) in [6.45, 7) is 3.83. The fourth-order valence-corrected chi connectivity index (χ4v) is 2.76. The summed E-state index contributed by atoms with van der Waals surface area (Å²) in [6.07, 6.45) is 6.04. The number of anilines is 1. The number of carbonyl (C=O) groups is 1. The van der Waals surface area contributed by atoms with E-state index in [1.54, 1.807) is 6.07 Å². The highest BCUT2D eigenvalue weighted by atomic mass is 16.1. The number of nitrogens with two attached hydrogens (primary N) is 1. The number of hydrogen-bond donors (Lipinski definition) is 1. The number of rotatable bonds is 4. The Bertz CT molecular complexity index is 635. The van der Waals surface area contributed by atoms with E-state index in [0.717, 1.165) is 37.6 Å². The maximum Gasteiger partial charge on any atom is 0.269 e. The third-order valence-corrected chi connectivity index (χ3v) is 3.91. The molecule has 7 nitrogen and oxygen atoms in total. The Morgan fingerprint density at radius 2 is 2.29 bits per heavy atom. The third-order valence-electron chi connectivity index (χ3n) is 3.91. The van der Waals surface area contributed by atoms with Crippen LogP contribution in [-0.2, 0) is 6.54 Å². The SMILES string of the molecule is Cc1nccn1C[C@H]1CCCN1c1ccc(C(N)=O)nn1. The van der Waals surface area contributed by atoms with Crippen LogP contribution in [0.2, 0.25) is 0 Å². The predicted molar refractivity (Wildman–Crippen MR) is 77.9 cm³/mol. The number of amides is 1. The van der Waals surface area contributed by atoms with E-state index >= 15 is 0 Å². The molecule has 3 heterocycles. The van der Waals surface area contributed by atoms with E-state index < -0.39 is 5.91 Å². The van der Waals surface area contributed by atoms with Gasteiger partial charge in [-0.15, -0.1) is 10.2 Å². The van der Waals surface area contributed by atoms with Gasteiger partial charge < -0.3 is 15.2 Å². The van der Waals surface area contributed by atoms with Crippen molar-refractivity contribution in [2.45, 2.75) is 32.4 Å². The Morgan fingerprint density at radius 1 is 1.43 bits per heavy atom. The van der Waals surface area contributed by atoms with Crippen LogP contribution in [-0.4, -0.2) is 38.2 Å². The quantitative estimate of drug-likeness (QED) is 0.895. The molecule has 1 atom stereocenters. The number of carbonyl (C=O) groups excluding carboxylic acids is 1. The number of imidazole rings is 1. The van der Waals surface area contributed by atoms with Gasteiger partial charge in [0.05, 0.1) is 0 Å². The molecule has 1 saturated heterocycles. The van der Waals surface area contributed by atoms with Gasteiger partial charge in [-0.05, 0) is 31.9 Å². The highest BCUT2D eigenvalue weighted by Gasteiger charge is 2.26. The normalized spacial score (nSPS) is 18.1. The molecule has 1 fully saturated rings. The van der Waals surface area contributed by atoms with Crippen LogP contribution in [0.15, 0.2) is 24.5 Å². The van der Waals surface area contributed by atoms with Gasteiger partial charge in [0, 0.05) is 31.5 Å². The minimum Gasteiger partial charge on any atom is -0.364 e. The number of primary amides is 1. The molecule has 1 aliphatic heterocycles. The lowest BCUT2D eigenvalue weighted by molar-refractivity contribution is 0.0994. The van der Waals surface area contributed by atoms with E-state index in [1.807, 2.05) is 25.4 Å². The van der Waals surface area contributed by atoms with Gasteiger partial charge in [-0.3, -0.25) is 4.79 Å². The summed E-state index contributed by atoms with van der Waals surface area (Å²) < 4.78 is 2.15. The Hall–Kier alpha value is -2.44. The highest BCUT2D eigenvalue weighted by Crippen LogP contribution is 2.24. The van der Waals surface area contributed by atoms with Crippen molar-refractivity contribution in [1.82, 2.24) is 19.7 Å². The van der Waals surface area contributed by atoms with Gasteiger partial charge in [-0.2, -0.15) is 0 Å². The molecular formula is C14H18N6O. The zero-order chi connectivity index (χ0) is 14.8. The van der Waals surface area contributed by atoms with Gasteiger partial charge in [0.25, 0.3) is 5.91 Å². The first-order valence-electron chi connectivity index (χ1n) is 7.03. The van der Waals surface area contributed by atoms with Crippen molar-refractivity contribution in [1.29, 1.82) is 0 Å². The van der Waals surface area contributed by atoms with E-state index in [0.29, 0.717) is 6.04 Å². The van der Waals surface area contributed by atoms with Crippen molar-refractivity contribution in [2.24, 2.45) is 5.73 Å². The largest absolute Gasteiger partial charge is 0.364 e. The molecule has 110 valence electrons. The molecule has 7 heteroatoms. The Labute approximate surface area is 122 Å². The molecule has 2 aromatic heterocycles. The van der Waals surface area contributed by atoms with Crippen molar-refractivity contribution >= 4 is 11.7 Å². The molecule has 3 rings (SSSR count). The molecule has 2 aromatic rings. The molecule has 0 saturated carbocycles. The maximum absolute atomic E-state index is 11.0. The van der Waals surface area contributed by atoms with Crippen molar-refractivity contribution in [3.63, 3.8) is 0 Å². The van der Waals surface area contributed by atoms with Crippen LogP contribution in [0.5, 0.6) is 0 Å². The molecule has 2 N–H and O–H groups in total. The minimum atomic E-state index is -0.555. The average Bonchev–Trinajstić information content (AvgIpc) is 3.09. The molecule has 0 bridgehead atoms. The van der Waals surface area contributed by atoms with Crippen LogP contribution < -0.4 is 10.6 Å². The minimum absolute atomic E-state index is 0.194. The van der Waals surface area contributed by atoms with E-state index in [4.69, 9.17) is 5.73 Å². The van der Waals surface area contributed by atoms with Crippen molar-refractivity contribution in [3.8, 4) is 0 Å². The molecule has 0 aromatic carbocycles. The first-order chi connectivity index (χ1) is 10.1. The lowest BCUT2D eigenvalue weighted by Crippen LogP contribution is -2.34. The second kappa shape index (κ2) is 5.51. The Morgan fingerprint density at radius 3 is 2.90 bits per heavy atom. The average molecular weight is 286 g/mol. The predicted octanol–water partition coefficient (Wildman–Crippen LogP) is 0.749. The lowest BCUT2D eigenvalue weighted by atomic mass is 10.2. The van der Waals surface area contributed by atoms with E-state index in [-0.39, 0.29) is 5.69 Å². The molecular weight excluding hydrogens is 268 g/mol. The summed E-state index contributed by atoms with van der Waals surface area (Å²) in [7, 11) is 0. The zero-order valence-corrected chi connectivity index (χ0v) is 11.9. The third kappa shape index (κ3) is 2.72. The van der Waals surface area contributed by atoms with Gasteiger partial charge in [-0.25, -0.2) is 4.98 Å². The van der Waals surface area contributed by atoms with Crippen LogP contribution in [0.4, 0.5) is 5.82 Å². The van der Waals surface area contributed by atoms with E-state index in [2.05, 4.69) is 24.6 Å². The van der Waals surface area contributed by atoms with Gasteiger partial charge in [-0.1, -0.05) is 0 Å². The molecule has 0 unspecified atom stereocenters. The summed E-state index contributed by atoms with van der Waals surface area (Å²) in [4.78, 5) is 17.5. The van der Waals surface area contributed by atoms with Gasteiger partial charge in [0.1, 0.15) is 5.82 Å². The zero-order valence-electron chi connectivity index (χ0n) is 11.9. The lowest BCUT2D eigenvalue weighted by Gasteiger charge is -2.26.